The third kappa shape index (κ3) is 3.34. The van der Waals surface area contributed by atoms with Crippen LogP contribution >= 0.6 is 0 Å². The lowest BCUT2D eigenvalue weighted by atomic mass is 9.97. The van der Waals surface area contributed by atoms with Gasteiger partial charge in [-0.15, -0.1) is 0 Å². The maximum atomic E-state index is 8.06. The summed E-state index contributed by atoms with van der Waals surface area (Å²) in [7, 11) is 3.73. The van der Waals surface area contributed by atoms with E-state index in [1.165, 1.54) is 0 Å². The Hall–Kier alpha value is -0.485. The van der Waals surface area contributed by atoms with E-state index < -0.39 is 0 Å². The maximum Gasteiger partial charge on any atom is 0.205 e. The number of hydrogen-bond donors (Lipinski definition) is 0. The highest BCUT2D eigenvalue weighted by Crippen LogP contribution is 1.71. The highest BCUT2D eigenvalue weighted by Gasteiger charge is 1.88. The first-order valence-electron chi connectivity index (χ1n) is 2.18. The summed E-state index contributed by atoms with van der Waals surface area (Å²) in [6, 6.07) is 2.01. The molecule has 0 aromatic rings. The van der Waals surface area contributed by atoms with E-state index in [4.69, 9.17) is 5.26 Å². The second-order valence-electron chi connectivity index (χ2n) is 1.33. The zero-order valence-corrected chi connectivity index (χ0v) is 4.68. The van der Waals surface area contributed by atoms with Gasteiger partial charge < -0.3 is 4.81 Å². The van der Waals surface area contributed by atoms with Crippen LogP contribution in [-0.4, -0.2) is 25.8 Å². The molecule has 0 atom stereocenters. The van der Waals surface area contributed by atoms with Crippen LogP contribution in [0.25, 0.3) is 0 Å². The van der Waals surface area contributed by atoms with Crippen LogP contribution in [0.15, 0.2) is 0 Å². The van der Waals surface area contributed by atoms with Crippen molar-refractivity contribution in [3.63, 3.8) is 0 Å². The van der Waals surface area contributed by atoms with Crippen LogP contribution in [-0.2, 0) is 0 Å². The van der Waals surface area contributed by atoms with Gasteiger partial charge in [0.25, 0.3) is 0 Å². The fourth-order valence-electron chi connectivity index (χ4n) is 0.203. The van der Waals surface area contributed by atoms with Crippen LogP contribution in [0.2, 0.25) is 6.82 Å². The molecular formula is C4H8BN2. The summed E-state index contributed by atoms with van der Waals surface area (Å²) in [6.45, 7) is 2.38. The first kappa shape index (κ1) is 6.51. The quantitative estimate of drug-likeness (QED) is 0.359. The molecule has 0 bridgehead atoms. The lowest BCUT2D eigenvalue weighted by Gasteiger charge is -2.04. The number of hydrogen-bond acceptors (Lipinski definition) is 2. The molecule has 0 heterocycles. The van der Waals surface area contributed by atoms with E-state index in [0.717, 1.165) is 0 Å². The molecule has 1 radical (unpaired) electrons. The molecule has 0 saturated heterocycles. The summed E-state index contributed by atoms with van der Waals surface area (Å²) in [5.74, 6) is 0. The van der Waals surface area contributed by atoms with Gasteiger partial charge in [0.1, 0.15) is 0 Å². The molecule has 37 valence electrons. The molecule has 0 aliphatic carbocycles. The molecule has 0 aromatic heterocycles. The van der Waals surface area contributed by atoms with Crippen LogP contribution in [0.1, 0.15) is 0 Å². The summed E-state index contributed by atoms with van der Waals surface area (Å²) in [5, 5.41) is 8.06. The Morgan fingerprint density at radius 3 is 2.57 bits per heavy atom. The molecule has 0 aliphatic rings. The number of nitrogens with zero attached hydrogens (tertiary/aromatic N) is 2. The molecular weight excluding hydrogens is 86.9 g/mol. The monoisotopic (exact) mass is 95.1 g/mol. The molecule has 0 unspecified atom stereocenters. The molecule has 0 N–H and O–H groups in total. The van der Waals surface area contributed by atoms with E-state index in [0.29, 0.717) is 6.54 Å². The Morgan fingerprint density at radius 2 is 2.43 bits per heavy atom. The van der Waals surface area contributed by atoms with Crippen molar-refractivity contribution in [2.75, 3.05) is 13.6 Å². The second-order valence-corrected chi connectivity index (χ2v) is 1.33. The molecule has 0 aromatic carbocycles. The third-order valence-corrected chi connectivity index (χ3v) is 0.761. The molecule has 7 heavy (non-hydrogen) atoms. The Balaban J connectivity index is 3.03. The standard InChI is InChI=1S/C4H8BN2/c1-5-7(2)4-3-6/h4H2,1-2H3. The minimum absolute atomic E-state index is 0.483. The first-order chi connectivity index (χ1) is 3.31. The van der Waals surface area contributed by atoms with Crippen molar-refractivity contribution in [1.29, 1.82) is 5.26 Å². The summed E-state index contributed by atoms with van der Waals surface area (Å²) in [5.41, 5.74) is 0. The lowest BCUT2D eigenvalue weighted by molar-refractivity contribution is 0.607. The molecule has 0 saturated carbocycles. The van der Waals surface area contributed by atoms with E-state index in [1.54, 1.807) is 0 Å². The predicted molar refractivity (Wildman–Crippen MR) is 29.9 cm³/mol. The van der Waals surface area contributed by atoms with Crippen LogP contribution < -0.4 is 0 Å². The van der Waals surface area contributed by atoms with E-state index in [-0.39, 0.29) is 0 Å². The molecule has 2 nitrogen and oxygen atoms in total. The van der Waals surface area contributed by atoms with E-state index in [9.17, 15) is 0 Å². The van der Waals surface area contributed by atoms with Gasteiger partial charge in [-0.25, -0.2) is 0 Å². The highest BCUT2D eigenvalue weighted by molar-refractivity contribution is 6.29. The third-order valence-electron chi connectivity index (χ3n) is 0.761. The van der Waals surface area contributed by atoms with Gasteiger partial charge in [-0.1, -0.05) is 6.82 Å². The fraction of sp³-hybridized carbons (Fsp3) is 0.750. The van der Waals surface area contributed by atoms with Crippen LogP contribution in [0, 0.1) is 11.3 Å². The van der Waals surface area contributed by atoms with Crippen LogP contribution in [0.4, 0.5) is 0 Å². The Kier molecular flexibility index (Phi) is 3.44. The van der Waals surface area contributed by atoms with Gasteiger partial charge in [0.2, 0.25) is 7.41 Å². The zero-order valence-electron chi connectivity index (χ0n) is 4.68. The van der Waals surface area contributed by atoms with E-state index in [2.05, 4.69) is 0 Å². The smallest absolute Gasteiger partial charge is 0.205 e. The summed E-state index contributed by atoms with van der Waals surface area (Å²) in [6.07, 6.45) is 0. The first-order valence-corrected chi connectivity index (χ1v) is 2.18. The van der Waals surface area contributed by atoms with Gasteiger partial charge in [0, 0.05) is 0 Å². The summed E-state index contributed by atoms with van der Waals surface area (Å²) in [4.78, 5) is 1.82. The molecule has 3 heteroatoms. The van der Waals surface area contributed by atoms with Crippen molar-refractivity contribution in [3.8, 4) is 6.07 Å². The Morgan fingerprint density at radius 1 is 1.86 bits per heavy atom. The molecule has 0 fully saturated rings. The summed E-state index contributed by atoms with van der Waals surface area (Å²) < 4.78 is 0. The number of rotatable bonds is 2. The van der Waals surface area contributed by atoms with E-state index in [1.807, 2.05) is 32.2 Å². The summed E-state index contributed by atoms with van der Waals surface area (Å²) >= 11 is 0. The minimum atomic E-state index is 0.483. The van der Waals surface area contributed by atoms with Gasteiger partial charge in [0.15, 0.2) is 0 Å². The Bertz CT molecular complexity index is 76.2. The average Bonchev–Trinajstić information content (AvgIpc) is 1.68. The zero-order chi connectivity index (χ0) is 5.70. The minimum Gasteiger partial charge on any atom is -0.338 e. The molecule has 0 rings (SSSR count). The SMILES string of the molecule is C[B]N(C)CC#N. The molecule has 0 spiro atoms. The highest BCUT2D eigenvalue weighted by atomic mass is 15.0. The van der Waals surface area contributed by atoms with Crippen molar-refractivity contribution < 1.29 is 0 Å². The second kappa shape index (κ2) is 3.70. The lowest BCUT2D eigenvalue weighted by Crippen LogP contribution is -2.20. The fourth-order valence-corrected chi connectivity index (χ4v) is 0.203. The molecule has 0 amide bonds. The van der Waals surface area contributed by atoms with Crippen molar-refractivity contribution in [2.45, 2.75) is 6.82 Å². The van der Waals surface area contributed by atoms with Crippen LogP contribution in [0.3, 0.4) is 0 Å². The van der Waals surface area contributed by atoms with Gasteiger partial charge in [-0.05, 0) is 7.05 Å². The molecule has 0 aliphatic heterocycles. The van der Waals surface area contributed by atoms with Crippen molar-refractivity contribution in [3.05, 3.63) is 0 Å². The maximum absolute atomic E-state index is 8.06. The Labute approximate surface area is 45.0 Å². The topological polar surface area (TPSA) is 27.0 Å². The van der Waals surface area contributed by atoms with Gasteiger partial charge >= 0.3 is 0 Å². The largest absolute Gasteiger partial charge is 0.338 e. The van der Waals surface area contributed by atoms with Crippen LogP contribution in [0.5, 0.6) is 0 Å². The van der Waals surface area contributed by atoms with Crippen molar-refractivity contribution in [1.82, 2.24) is 4.81 Å². The van der Waals surface area contributed by atoms with Gasteiger partial charge in [0.05, 0.1) is 12.6 Å². The predicted octanol–water partition coefficient (Wildman–Crippen LogP) is 0.109. The number of nitriles is 1. The van der Waals surface area contributed by atoms with E-state index >= 15 is 0 Å². The average molecular weight is 94.9 g/mol. The normalized spacial score (nSPS) is 8.29. The van der Waals surface area contributed by atoms with Crippen molar-refractivity contribution in [2.24, 2.45) is 0 Å². The van der Waals surface area contributed by atoms with Gasteiger partial charge in [-0.3, -0.25) is 0 Å². The van der Waals surface area contributed by atoms with Gasteiger partial charge in [-0.2, -0.15) is 5.26 Å². The van der Waals surface area contributed by atoms with Crippen molar-refractivity contribution >= 4 is 7.41 Å².